The van der Waals surface area contributed by atoms with E-state index in [1.165, 1.54) is 77.0 Å². The van der Waals surface area contributed by atoms with E-state index in [4.69, 9.17) is 0 Å². The molecule has 2 aliphatic rings. The van der Waals surface area contributed by atoms with Gasteiger partial charge in [0.2, 0.25) is 0 Å². The number of thioether (sulfide) groups is 1. The smallest absolute Gasteiger partial charge is 0.0668 e. The van der Waals surface area contributed by atoms with Gasteiger partial charge in [0.15, 0.2) is 0 Å². The molecule has 2 atom stereocenters. The fraction of sp³-hybridized carbons (Fsp3) is 1.00. The third-order valence-electron chi connectivity index (χ3n) is 5.41. The molecule has 0 aromatic rings. The maximum atomic E-state index is 10.8. The molecule has 21 heavy (non-hydrogen) atoms. The lowest BCUT2D eigenvalue weighted by molar-refractivity contribution is 0.0130. The predicted molar refractivity (Wildman–Crippen MR) is 95.0 cm³/mol. The van der Waals surface area contributed by atoms with Crippen LogP contribution < -0.4 is 0 Å². The predicted octanol–water partition coefficient (Wildman–Crippen LogP) is 6.09. The second-order valence-electron chi connectivity index (χ2n) is 7.52. The molecule has 2 saturated heterocycles. The fourth-order valence-corrected chi connectivity index (χ4v) is 6.06. The van der Waals surface area contributed by atoms with Gasteiger partial charge >= 0.3 is 0 Å². The highest BCUT2D eigenvalue weighted by molar-refractivity contribution is 8.00. The summed E-state index contributed by atoms with van der Waals surface area (Å²) in [5, 5.41) is 12.3. The van der Waals surface area contributed by atoms with Gasteiger partial charge in [-0.1, -0.05) is 71.1 Å². The molecular weight excluding hydrogens is 276 g/mol. The van der Waals surface area contributed by atoms with E-state index in [0.29, 0.717) is 0 Å². The van der Waals surface area contributed by atoms with E-state index in [-0.39, 0.29) is 5.60 Å². The molecule has 1 N–H and O–H groups in total. The van der Waals surface area contributed by atoms with E-state index in [0.717, 1.165) is 29.8 Å². The van der Waals surface area contributed by atoms with Gasteiger partial charge in [0.1, 0.15) is 0 Å². The zero-order valence-corrected chi connectivity index (χ0v) is 14.9. The van der Waals surface area contributed by atoms with Crippen LogP contribution in [0.3, 0.4) is 0 Å². The van der Waals surface area contributed by atoms with Gasteiger partial charge in [-0.15, -0.1) is 0 Å². The third kappa shape index (κ3) is 6.52. The second-order valence-corrected chi connectivity index (χ2v) is 9.13. The van der Waals surface area contributed by atoms with Crippen molar-refractivity contribution in [3.63, 3.8) is 0 Å². The highest BCUT2D eigenvalue weighted by Crippen LogP contribution is 2.48. The molecule has 0 aromatic heterocycles. The molecule has 2 heteroatoms. The number of aliphatic hydroxyl groups is 1. The lowest BCUT2D eigenvalue weighted by atomic mass is 9.87. The largest absolute Gasteiger partial charge is 0.390 e. The van der Waals surface area contributed by atoms with Crippen molar-refractivity contribution in [1.82, 2.24) is 0 Å². The molecule has 2 unspecified atom stereocenters. The van der Waals surface area contributed by atoms with Gasteiger partial charge in [-0.2, -0.15) is 11.8 Å². The first-order valence-corrected chi connectivity index (χ1v) is 10.5. The maximum Gasteiger partial charge on any atom is 0.0668 e. The Labute approximate surface area is 136 Å². The Kier molecular flexibility index (Phi) is 7.95. The van der Waals surface area contributed by atoms with Gasteiger partial charge in [-0.05, 0) is 32.1 Å². The molecule has 0 spiro atoms. The minimum absolute atomic E-state index is 0.294. The van der Waals surface area contributed by atoms with Crippen molar-refractivity contribution in [3.05, 3.63) is 0 Å². The van der Waals surface area contributed by atoms with Crippen LogP contribution in [0.4, 0.5) is 0 Å². The Hall–Kier alpha value is 0.310. The maximum absolute atomic E-state index is 10.8. The first kappa shape index (κ1) is 17.7. The van der Waals surface area contributed by atoms with Crippen LogP contribution in [0.5, 0.6) is 0 Å². The lowest BCUT2D eigenvalue weighted by Crippen LogP contribution is -2.37. The van der Waals surface area contributed by atoms with Crippen molar-refractivity contribution in [3.8, 4) is 0 Å². The molecule has 2 heterocycles. The van der Waals surface area contributed by atoms with Crippen LogP contribution in [0.1, 0.15) is 103 Å². The monoisotopic (exact) mass is 312 g/mol. The van der Waals surface area contributed by atoms with Crippen molar-refractivity contribution in [2.45, 2.75) is 119 Å². The number of unbranched alkanes of at least 4 members (excludes halogenated alkanes) is 9. The van der Waals surface area contributed by atoms with E-state index in [9.17, 15) is 5.11 Å². The fourth-order valence-electron chi connectivity index (χ4n) is 4.16. The zero-order chi connectivity index (χ0) is 15.0. The minimum Gasteiger partial charge on any atom is -0.390 e. The zero-order valence-electron chi connectivity index (χ0n) is 14.1. The summed E-state index contributed by atoms with van der Waals surface area (Å²) < 4.78 is 0. The average molecular weight is 313 g/mol. The van der Waals surface area contributed by atoms with Gasteiger partial charge in [-0.3, -0.25) is 0 Å². The molecule has 0 saturated carbocycles. The van der Waals surface area contributed by atoms with Gasteiger partial charge in [0.05, 0.1) is 5.60 Å². The SMILES string of the molecule is CCCCCCCCCCCCC1(O)CC2CCC(C1)S2. The molecule has 0 amide bonds. The third-order valence-corrected chi connectivity index (χ3v) is 6.98. The summed E-state index contributed by atoms with van der Waals surface area (Å²) in [4.78, 5) is 0. The summed E-state index contributed by atoms with van der Waals surface area (Å²) in [6.45, 7) is 2.28. The molecule has 2 bridgehead atoms. The highest BCUT2D eigenvalue weighted by atomic mass is 32.2. The molecule has 1 nitrogen and oxygen atoms in total. The standard InChI is InChI=1S/C19H36OS/c1-2-3-4-5-6-7-8-9-10-11-14-19(20)15-17-12-13-18(16-19)21-17/h17-18,20H,2-16H2,1H3. The molecule has 2 rings (SSSR count). The Morgan fingerprint density at radius 3 is 1.81 bits per heavy atom. The molecule has 124 valence electrons. The summed E-state index contributed by atoms with van der Waals surface area (Å²) in [5.41, 5.74) is -0.294. The minimum atomic E-state index is -0.294. The summed E-state index contributed by atoms with van der Waals surface area (Å²) in [6, 6.07) is 0. The van der Waals surface area contributed by atoms with E-state index >= 15 is 0 Å². The van der Waals surface area contributed by atoms with Gasteiger partial charge in [-0.25, -0.2) is 0 Å². The van der Waals surface area contributed by atoms with Crippen LogP contribution in [0.15, 0.2) is 0 Å². The number of hydrogen-bond acceptors (Lipinski definition) is 2. The molecule has 0 aliphatic carbocycles. The molecular formula is C19H36OS. The number of hydrogen-bond donors (Lipinski definition) is 1. The molecule has 2 aliphatic heterocycles. The van der Waals surface area contributed by atoms with Crippen molar-refractivity contribution >= 4 is 11.8 Å². The van der Waals surface area contributed by atoms with E-state index in [1.807, 2.05) is 0 Å². The lowest BCUT2D eigenvalue weighted by Gasteiger charge is -2.36. The van der Waals surface area contributed by atoms with E-state index in [1.54, 1.807) is 0 Å². The molecule has 0 radical (unpaired) electrons. The number of fused-ring (bicyclic) bond motifs is 2. The number of rotatable bonds is 11. The van der Waals surface area contributed by atoms with Gasteiger partial charge in [0, 0.05) is 10.5 Å². The summed E-state index contributed by atoms with van der Waals surface area (Å²) in [5.74, 6) is 0. The van der Waals surface area contributed by atoms with Crippen LogP contribution in [0.25, 0.3) is 0 Å². The Balaban J connectivity index is 1.43. The van der Waals surface area contributed by atoms with Crippen molar-refractivity contribution in [2.24, 2.45) is 0 Å². The van der Waals surface area contributed by atoms with Crippen LogP contribution in [-0.2, 0) is 0 Å². The summed E-state index contributed by atoms with van der Waals surface area (Å²) in [6.07, 6.45) is 19.8. The van der Waals surface area contributed by atoms with Crippen LogP contribution in [-0.4, -0.2) is 21.2 Å². The Morgan fingerprint density at radius 2 is 1.29 bits per heavy atom. The van der Waals surface area contributed by atoms with Crippen molar-refractivity contribution < 1.29 is 5.11 Å². The average Bonchev–Trinajstić information content (AvgIpc) is 2.81. The first-order valence-electron chi connectivity index (χ1n) is 9.60. The van der Waals surface area contributed by atoms with Crippen molar-refractivity contribution in [1.29, 1.82) is 0 Å². The van der Waals surface area contributed by atoms with Crippen molar-refractivity contribution in [2.75, 3.05) is 0 Å². The van der Waals surface area contributed by atoms with Crippen LogP contribution >= 0.6 is 11.8 Å². The second kappa shape index (κ2) is 9.45. The van der Waals surface area contributed by atoms with Gasteiger partial charge in [0.25, 0.3) is 0 Å². The van der Waals surface area contributed by atoms with Crippen LogP contribution in [0, 0.1) is 0 Å². The van der Waals surface area contributed by atoms with Crippen LogP contribution in [0.2, 0.25) is 0 Å². The van der Waals surface area contributed by atoms with E-state index in [2.05, 4.69) is 18.7 Å². The Bertz CT molecular complexity index is 267. The first-order chi connectivity index (χ1) is 10.2. The van der Waals surface area contributed by atoms with E-state index < -0.39 is 0 Å². The topological polar surface area (TPSA) is 20.2 Å². The Morgan fingerprint density at radius 1 is 0.810 bits per heavy atom. The molecule has 0 aromatic carbocycles. The highest BCUT2D eigenvalue weighted by Gasteiger charge is 2.42. The summed E-state index contributed by atoms with van der Waals surface area (Å²) >= 11 is 2.15. The van der Waals surface area contributed by atoms with Gasteiger partial charge < -0.3 is 5.11 Å². The molecule has 2 fully saturated rings. The summed E-state index contributed by atoms with van der Waals surface area (Å²) in [7, 11) is 0. The quantitative estimate of drug-likeness (QED) is 0.466. The normalized spacial score (nSPS) is 31.7.